The molecular weight excluding hydrogens is 222 g/mol. The van der Waals surface area contributed by atoms with E-state index < -0.39 is 0 Å². The molecule has 4 heteroatoms. The van der Waals surface area contributed by atoms with Crippen molar-refractivity contribution in [3.8, 4) is 0 Å². The van der Waals surface area contributed by atoms with Crippen LogP contribution in [0.1, 0.15) is 12.8 Å². The van der Waals surface area contributed by atoms with Crippen molar-refractivity contribution in [1.82, 2.24) is 10.3 Å². The van der Waals surface area contributed by atoms with Gasteiger partial charge in [0.15, 0.2) is 0 Å². The molecule has 2 fully saturated rings. The van der Waals surface area contributed by atoms with Crippen molar-refractivity contribution in [3.05, 3.63) is 23.5 Å². The van der Waals surface area contributed by atoms with Crippen LogP contribution in [0.5, 0.6) is 0 Å². The fraction of sp³-hybridized carbons (Fsp3) is 0.583. The molecule has 1 N–H and O–H groups in total. The van der Waals surface area contributed by atoms with E-state index in [-0.39, 0.29) is 0 Å². The van der Waals surface area contributed by atoms with Crippen LogP contribution in [0.15, 0.2) is 18.3 Å². The molecule has 3 rings (SSSR count). The first-order valence-electron chi connectivity index (χ1n) is 5.93. The van der Waals surface area contributed by atoms with Gasteiger partial charge in [0, 0.05) is 19.1 Å². The van der Waals surface area contributed by atoms with Crippen molar-refractivity contribution >= 4 is 17.3 Å². The maximum absolute atomic E-state index is 5.80. The van der Waals surface area contributed by atoms with Gasteiger partial charge in [-0.15, -0.1) is 0 Å². The maximum Gasteiger partial charge on any atom is 0.129 e. The minimum Gasteiger partial charge on any atom is -0.368 e. The molecule has 2 aliphatic rings. The zero-order valence-electron chi connectivity index (χ0n) is 9.19. The molecule has 16 heavy (non-hydrogen) atoms. The number of hydrogen-bond acceptors (Lipinski definition) is 3. The first-order chi connectivity index (χ1) is 7.83. The minimum atomic E-state index is 0.568. The van der Waals surface area contributed by atoms with E-state index in [1.54, 1.807) is 0 Å². The topological polar surface area (TPSA) is 28.2 Å². The zero-order valence-corrected chi connectivity index (χ0v) is 9.95. The zero-order chi connectivity index (χ0) is 11.0. The molecule has 2 saturated heterocycles. The molecule has 0 spiro atoms. The third-order valence-electron chi connectivity index (χ3n) is 3.68. The number of nitrogens with one attached hydrogen (secondary N) is 1. The first kappa shape index (κ1) is 10.4. The number of hydrogen-bond donors (Lipinski definition) is 1. The monoisotopic (exact) mass is 237 g/mol. The molecule has 1 aromatic heterocycles. The Hall–Kier alpha value is -0.800. The molecule has 0 aliphatic carbocycles. The fourth-order valence-electron chi connectivity index (χ4n) is 2.81. The van der Waals surface area contributed by atoms with Gasteiger partial charge in [-0.3, -0.25) is 0 Å². The van der Waals surface area contributed by atoms with Gasteiger partial charge in [-0.2, -0.15) is 0 Å². The molecule has 0 unspecified atom stereocenters. The van der Waals surface area contributed by atoms with Crippen molar-refractivity contribution < 1.29 is 0 Å². The van der Waals surface area contributed by atoms with Gasteiger partial charge < -0.3 is 10.2 Å². The van der Waals surface area contributed by atoms with E-state index in [0.29, 0.717) is 11.2 Å². The fourth-order valence-corrected chi connectivity index (χ4v) is 2.92. The summed E-state index contributed by atoms with van der Waals surface area (Å²) in [4.78, 5) is 6.56. The Morgan fingerprint density at radius 2 is 2.31 bits per heavy atom. The number of piperidine rings is 1. The van der Waals surface area contributed by atoms with Crippen LogP contribution < -0.4 is 10.2 Å². The SMILES string of the molecule is Clc1ccc(N2C[C@H]3CCCN[C@H]3C2)cn1. The Labute approximate surface area is 101 Å². The smallest absolute Gasteiger partial charge is 0.129 e. The lowest BCUT2D eigenvalue weighted by atomic mass is 9.94. The van der Waals surface area contributed by atoms with Gasteiger partial charge in [0.25, 0.3) is 0 Å². The Bertz CT molecular complexity index is 351. The van der Waals surface area contributed by atoms with Crippen LogP contribution in [0.2, 0.25) is 5.15 Å². The molecule has 2 aliphatic heterocycles. The van der Waals surface area contributed by atoms with Gasteiger partial charge in [-0.25, -0.2) is 4.98 Å². The lowest BCUT2D eigenvalue weighted by Gasteiger charge is -2.24. The highest BCUT2D eigenvalue weighted by molar-refractivity contribution is 6.29. The minimum absolute atomic E-state index is 0.568. The van der Waals surface area contributed by atoms with Gasteiger partial charge in [0.05, 0.1) is 11.9 Å². The maximum atomic E-state index is 5.80. The molecule has 3 nitrogen and oxygen atoms in total. The van der Waals surface area contributed by atoms with Crippen molar-refractivity contribution in [3.63, 3.8) is 0 Å². The highest BCUT2D eigenvalue weighted by atomic mass is 35.5. The molecular formula is C12H16ClN3. The summed E-state index contributed by atoms with van der Waals surface area (Å²) >= 11 is 5.80. The van der Waals surface area contributed by atoms with E-state index in [0.717, 1.165) is 19.0 Å². The molecule has 0 aromatic carbocycles. The lowest BCUT2D eigenvalue weighted by Crippen LogP contribution is -2.40. The number of aromatic nitrogens is 1. The summed E-state index contributed by atoms with van der Waals surface area (Å²) in [5, 5.41) is 4.17. The number of pyridine rings is 1. The second-order valence-electron chi connectivity index (χ2n) is 4.71. The molecule has 0 amide bonds. The number of rotatable bonds is 1. The van der Waals surface area contributed by atoms with Crippen LogP contribution in [0, 0.1) is 5.92 Å². The highest BCUT2D eigenvalue weighted by Crippen LogP contribution is 2.28. The quantitative estimate of drug-likeness (QED) is 0.757. The predicted molar refractivity (Wildman–Crippen MR) is 66.0 cm³/mol. The Kier molecular flexibility index (Phi) is 2.74. The summed E-state index contributed by atoms with van der Waals surface area (Å²) < 4.78 is 0. The molecule has 0 bridgehead atoms. The number of fused-ring (bicyclic) bond motifs is 1. The molecule has 1 aromatic rings. The number of halogens is 1. The van der Waals surface area contributed by atoms with E-state index in [9.17, 15) is 0 Å². The van der Waals surface area contributed by atoms with E-state index in [2.05, 4.69) is 21.3 Å². The van der Waals surface area contributed by atoms with Gasteiger partial charge in [0.1, 0.15) is 5.15 Å². The van der Waals surface area contributed by atoms with Gasteiger partial charge in [-0.05, 0) is 37.4 Å². The summed E-state index contributed by atoms with van der Waals surface area (Å²) in [6.07, 6.45) is 4.54. The number of nitrogens with zero attached hydrogens (tertiary/aromatic N) is 2. The Morgan fingerprint density at radius 1 is 1.38 bits per heavy atom. The summed E-state index contributed by atoms with van der Waals surface area (Å²) in [5.41, 5.74) is 1.20. The van der Waals surface area contributed by atoms with Crippen molar-refractivity contribution in [2.24, 2.45) is 5.92 Å². The van der Waals surface area contributed by atoms with Crippen molar-refractivity contribution in [1.29, 1.82) is 0 Å². The standard InChI is InChI=1S/C12H16ClN3/c13-12-4-3-10(6-15-12)16-7-9-2-1-5-14-11(9)8-16/h3-4,6,9,11,14H,1-2,5,7-8H2/t9-,11+/m1/s1. The largest absolute Gasteiger partial charge is 0.368 e. The average molecular weight is 238 g/mol. The third kappa shape index (κ3) is 1.89. The first-order valence-corrected chi connectivity index (χ1v) is 6.30. The van der Waals surface area contributed by atoms with Crippen LogP contribution in [-0.2, 0) is 0 Å². The van der Waals surface area contributed by atoms with Gasteiger partial charge in [-0.1, -0.05) is 11.6 Å². The Balaban J connectivity index is 1.75. The molecule has 0 radical (unpaired) electrons. The summed E-state index contributed by atoms with van der Waals surface area (Å²) in [5.74, 6) is 0.810. The van der Waals surface area contributed by atoms with E-state index in [4.69, 9.17) is 11.6 Å². The molecule has 2 atom stereocenters. The van der Waals surface area contributed by atoms with Gasteiger partial charge >= 0.3 is 0 Å². The average Bonchev–Trinajstić information content (AvgIpc) is 2.73. The second-order valence-corrected chi connectivity index (χ2v) is 5.09. The second kappa shape index (κ2) is 4.22. The van der Waals surface area contributed by atoms with E-state index in [1.165, 1.54) is 25.1 Å². The van der Waals surface area contributed by atoms with Crippen molar-refractivity contribution in [2.75, 3.05) is 24.5 Å². The Morgan fingerprint density at radius 3 is 3.06 bits per heavy atom. The summed E-state index contributed by atoms with van der Waals surface area (Å²) in [7, 11) is 0. The normalized spacial score (nSPS) is 29.2. The molecule has 86 valence electrons. The van der Waals surface area contributed by atoms with Crippen LogP contribution in [0.4, 0.5) is 5.69 Å². The third-order valence-corrected chi connectivity index (χ3v) is 3.90. The summed E-state index contributed by atoms with van der Waals surface area (Å²) in [6.45, 7) is 3.43. The van der Waals surface area contributed by atoms with E-state index in [1.807, 2.05) is 12.3 Å². The van der Waals surface area contributed by atoms with Crippen LogP contribution >= 0.6 is 11.6 Å². The van der Waals surface area contributed by atoms with Crippen LogP contribution in [0.25, 0.3) is 0 Å². The van der Waals surface area contributed by atoms with Crippen LogP contribution in [-0.4, -0.2) is 30.7 Å². The van der Waals surface area contributed by atoms with Crippen LogP contribution in [0.3, 0.4) is 0 Å². The predicted octanol–water partition coefficient (Wildman–Crippen LogP) is 1.92. The molecule has 3 heterocycles. The van der Waals surface area contributed by atoms with Crippen molar-refractivity contribution in [2.45, 2.75) is 18.9 Å². The summed E-state index contributed by atoms with van der Waals surface area (Å²) in [6, 6.07) is 4.60. The highest BCUT2D eigenvalue weighted by Gasteiger charge is 2.34. The van der Waals surface area contributed by atoms with E-state index >= 15 is 0 Å². The van der Waals surface area contributed by atoms with Gasteiger partial charge in [0.2, 0.25) is 0 Å². The number of anilines is 1. The lowest BCUT2D eigenvalue weighted by molar-refractivity contribution is 0.340. The molecule has 0 saturated carbocycles.